The second-order valence-electron chi connectivity index (χ2n) is 7.09. The molecule has 0 saturated carbocycles. The number of hydrogen-bond donors (Lipinski definition) is 2. The van der Waals surface area contributed by atoms with Crippen LogP contribution in [0.15, 0.2) is 27.8 Å². The van der Waals surface area contributed by atoms with Crippen LogP contribution in [-0.4, -0.2) is 65.8 Å². The van der Waals surface area contributed by atoms with Crippen LogP contribution in [0, 0.1) is 0 Å². The van der Waals surface area contributed by atoms with Crippen LogP contribution in [0.1, 0.15) is 38.6 Å². The maximum absolute atomic E-state index is 13.8. The normalized spacial score (nSPS) is 23.2. The van der Waals surface area contributed by atoms with Crippen molar-refractivity contribution < 1.29 is 23.1 Å². The summed E-state index contributed by atoms with van der Waals surface area (Å²) in [7, 11) is 1.23. The van der Waals surface area contributed by atoms with Gasteiger partial charge >= 0.3 is 5.97 Å². The van der Waals surface area contributed by atoms with Gasteiger partial charge < -0.3 is 15.8 Å². The highest BCUT2D eigenvalue weighted by molar-refractivity contribution is 7.11. The fourth-order valence-corrected chi connectivity index (χ4v) is 3.85. The van der Waals surface area contributed by atoms with Crippen molar-refractivity contribution in [2.75, 3.05) is 20.2 Å². The van der Waals surface area contributed by atoms with E-state index in [1.54, 1.807) is 18.5 Å². The van der Waals surface area contributed by atoms with Gasteiger partial charge in [0, 0.05) is 30.2 Å². The van der Waals surface area contributed by atoms with E-state index in [-0.39, 0.29) is 12.1 Å². The Morgan fingerprint density at radius 2 is 2.10 bits per heavy atom. The number of nitrogens with two attached hydrogens (primary N) is 1. The largest absolute Gasteiger partial charge is 0.466 e. The average Bonchev–Trinajstić information content (AvgIpc) is 3.29. The molecule has 2 atom stereocenters. The van der Waals surface area contributed by atoms with E-state index >= 15 is 0 Å². The third kappa shape index (κ3) is 5.60. The summed E-state index contributed by atoms with van der Waals surface area (Å²) in [6.45, 7) is 5.23. The Kier molecular flexibility index (Phi) is 8.02. The van der Waals surface area contributed by atoms with Gasteiger partial charge in [0.2, 0.25) is 5.91 Å². The lowest BCUT2D eigenvalue weighted by molar-refractivity contribution is -0.136. The second kappa shape index (κ2) is 10.1. The number of halogens is 2. The number of amides is 1. The van der Waals surface area contributed by atoms with Crippen LogP contribution in [0.3, 0.4) is 0 Å². The molecule has 0 aliphatic carbocycles. The van der Waals surface area contributed by atoms with E-state index < -0.39 is 42.8 Å². The van der Waals surface area contributed by atoms with Gasteiger partial charge in [0.15, 0.2) is 10.8 Å². The minimum Gasteiger partial charge on any atom is -0.466 e. The maximum atomic E-state index is 13.8. The highest BCUT2D eigenvalue weighted by atomic mass is 32.1. The quantitative estimate of drug-likeness (QED) is 0.673. The zero-order valence-electron chi connectivity index (χ0n) is 17.4. The number of rotatable bonds is 5. The first-order valence-electron chi connectivity index (χ1n) is 9.60. The monoisotopic (exact) mass is 443 g/mol. The van der Waals surface area contributed by atoms with Crippen LogP contribution in [0.2, 0.25) is 0 Å². The molecule has 1 saturated heterocycles. The minimum absolute atomic E-state index is 0.0949. The molecule has 0 radical (unpaired) electrons. The molecule has 8 nitrogen and oxygen atoms in total. The summed E-state index contributed by atoms with van der Waals surface area (Å²) in [6.07, 6.45) is 2.21. The number of thiazole rings is 1. The Hall–Kier alpha value is -2.40. The first-order valence-corrected chi connectivity index (χ1v) is 10.5. The summed E-state index contributed by atoms with van der Waals surface area (Å²) in [5.41, 5.74) is 5.86. The molecule has 3 N–H and O–H groups in total. The Morgan fingerprint density at radius 1 is 1.43 bits per heavy atom. The molecule has 2 aliphatic rings. The van der Waals surface area contributed by atoms with Crippen LogP contribution < -0.4 is 11.1 Å². The lowest BCUT2D eigenvalue weighted by atomic mass is 10.0. The molecule has 166 valence electrons. The van der Waals surface area contributed by atoms with Crippen LogP contribution in [-0.2, 0) is 14.3 Å². The average molecular weight is 444 g/mol. The minimum atomic E-state index is -3.03. The molecular formula is C19H27F2N5O3S. The molecule has 1 fully saturated rings. The van der Waals surface area contributed by atoms with E-state index in [1.807, 2.05) is 0 Å². The highest BCUT2D eigenvalue weighted by Crippen LogP contribution is 2.33. The van der Waals surface area contributed by atoms with Gasteiger partial charge in [-0.15, -0.1) is 11.3 Å². The molecule has 3 heterocycles. The summed E-state index contributed by atoms with van der Waals surface area (Å²) in [6, 6.07) is -1.69. The van der Waals surface area contributed by atoms with E-state index in [0.717, 1.165) is 0 Å². The first-order chi connectivity index (χ1) is 14.1. The lowest BCUT2D eigenvalue weighted by Crippen LogP contribution is -2.45. The summed E-state index contributed by atoms with van der Waals surface area (Å²) in [5.74, 6) is -4.04. The van der Waals surface area contributed by atoms with Crippen molar-refractivity contribution >= 4 is 29.0 Å². The summed E-state index contributed by atoms with van der Waals surface area (Å²) in [4.78, 5) is 33.7. The predicted octanol–water partition coefficient (Wildman–Crippen LogP) is 1.92. The van der Waals surface area contributed by atoms with E-state index in [1.165, 1.54) is 29.8 Å². The number of nitrogens with zero attached hydrogens (tertiary/aromatic N) is 3. The van der Waals surface area contributed by atoms with E-state index in [4.69, 9.17) is 10.5 Å². The fraction of sp³-hybridized carbons (Fsp3) is 0.579. The third-order valence-electron chi connectivity index (χ3n) is 4.43. The van der Waals surface area contributed by atoms with Crippen LogP contribution >= 0.6 is 11.3 Å². The zero-order chi connectivity index (χ0) is 22.5. The lowest BCUT2D eigenvalue weighted by Gasteiger charge is -2.29. The molecular weight excluding hydrogens is 416 g/mol. The molecule has 11 heteroatoms. The SMILES string of the molecule is CCC.COC(=O)C1=C(CN2CC(F)(F)CC2C(N)=O)NC(c2nccs2)=NC1C. The summed E-state index contributed by atoms with van der Waals surface area (Å²) in [5, 5.41) is 5.37. The summed E-state index contributed by atoms with van der Waals surface area (Å²) >= 11 is 1.35. The van der Waals surface area contributed by atoms with Gasteiger partial charge in [-0.3, -0.25) is 14.7 Å². The molecule has 2 aliphatic heterocycles. The van der Waals surface area contributed by atoms with Crippen molar-refractivity contribution in [3.8, 4) is 0 Å². The van der Waals surface area contributed by atoms with Crippen molar-refractivity contribution in [3.05, 3.63) is 27.9 Å². The predicted molar refractivity (Wildman–Crippen MR) is 110 cm³/mol. The Labute approximate surface area is 178 Å². The standard InChI is InChI=1S/C16H19F2N5O3S.C3H8/c1-8-11(15(25)26-2)9(22-13(21-8)14-20-3-4-27-14)6-23-7-16(17,18)5-10(23)12(19)24;1-3-2/h3-4,8,10H,5-7H2,1-2H3,(H2,19,24)(H,21,22);3H2,1-2H3. The number of alkyl halides is 2. The molecule has 2 unspecified atom stereocenters. The van der Waals surface area contributed by atoms with Gasteiger partial charge in [-0.2, -0.15) is 0 Å². The van der Waals surface area contributed by atoms with Gasteiger partial charge in [-0.1, -0.05) is 20.3 Å². The van der Waals surface area contributed by atoms with Gasteiger partial charge in [0.05, 0.1) is 31.3 Å². The molecule has 1 aromatic heterocycles. The molecule has 1 aromatic rings. The number of hydrogen-bond acceptors (Lipinski definition) is 8. The number of carbonyl (C=O) groups excluding carboxylic acids is 2. The fourth-order valence-electron chi connectivity index (χ4n) is 3.26. The maximum Gasteiger partial charge on any atom is 0.337 e. The smallest absolute Gasteiger partial charge is 0.337 e. The topological polar surface area (TPSA) is 110 Å². The van der Waals surface area contributed by atoms with Gasteiger partial charge in [-0.05, 0) is 6.92 Å². The molecule has 30 heavy (non-hydrogen) atoms. The number of nitrogens with one attached hydrogen (secondary N) is 1. The van der Waals surface area contributed by atoms with Crippen molar-refractivity contribution in [3.63, 3.8) is 0 Å². The number of amidine groups is 1. The number of aliphatic imine (C=N–C) groups is 1. The number of methoxy groups -OCH3 is 1. The first kappa shape index (κ1) is 23.9. The van der Waals surface area contributed by atoms with E-state index in [0.29, 0.717) is 16.5 Å². The number of likely N-dealkylation sites (tertiary alicyclic amines) is 1. The summed E-state index contributed by atoms with van der Waals surface area (Å²) < 4.78 is 32.5. The van der Waals surface area contributed by atoms with Crippen molar-refractivity contribution in [1.82, 2.24) is 15.2 Å². The Balaban J connectivity index is 0.00000101. The second-order valence-corrected chi connectivity index (χ2v) is 7.98. The number of aromatic nitrogens is 1. The Bertz CT molecular complexity index is 826. The van der Waals surface area contributed by atoms with Crippen LogP contribution in [0.5, 0.6) is 0 Å². The Morgan fingerprint density at radius 3 is 2.63 bits per heavy atom. The number of carbonyl (C=O) groups is 2. The van der Waals surface area contributed by atoms with E-state index in [9.17, 15) is 18.4 Å². The van der Waals surface area contributed by atoms with Gasteiger partial charge in [-0.25, -0.2) is 18.6 Å². The van der Waals surface area contributed by atoms with Crippen molar-refractivity contribution in [2.45, 2.75) is 51.6 Å². The van der Waals surface area contributed by atoms with Crippen LogP contribution in [0.4, 0.5) is 8.78 Å². The van der Waals surface area contributed by atoms with Gasteiger partial charge in [0.25, 0.3) is 5.92 Å². The number of primary amides is 1. The van der Waals surface area contributed by atoms with Crippen molar-refractivity contribution in [1.29, 1.82) is 0 Å². The molecule has 0 spiro atoms. The number of esters is 1. The highest BCUT2D eigenvalue weighted by Gasteiger charge is 2.48. The van der Waals surface area contributed by atoms with Crippen molar-refractivity contribution in [2.24, 2.45) is 10.7 Å². The zero-order valence-corrected chi connectivity index (χ0v) is 18.3. The molecule has 0 bridgehead atoms. The molecule has 3 rings (SSSR count). The molecule has 1 amide bonds. The van der Waals surface area contributed by atoms with Crippen LogP contribution in [0.25, 0.3) is 0 Å². The molecule has 0 aromatic carbocycles. The number of ether oxygens (including phenoxy) is 1. The third-order valence-corrected chi connectivity index (χ3v) is 5.21. The van der Waals surface area contributed by atoms with E-state index in [2.05, 4.69) is 29.1 Å². The van der Waals surface area contributed by atoms with Gasteiger partial charge in [0.1, 0.15) is 0 Å².